The quantitative estimate of drug-likeness (QED) is 0.568. The topological polar surface area (TPSA) is 53.5 Å². The molecule has 2 heterocycles. The van der Waals surface area contributed by atoms with Crippen LogP contribution in [-0.4, -0.2) is 43.9 Å². The van der Waals surface area contributed by atoms with Crippen molar-refractivity contribution < 1.29 is 12.8 Å². The molecule has 0 N–H and O–H groups in total. The molecule has 5 nitrogen and oxygen atoms in total. The van der Waals surface area contributed by atoms with Crippen molar-refractivity contribution in [1.29, 1.82) is 0 Å². The number of hydrogen-bond donors (Lipinski definition) is 0. The largest absolute Gasteiger partial charge is 0.345 e. The highest BCUT2D eigenvalue weighted by atomic mass is 32.2. The molecule has 0 saturated carbocycles. The maximum absolute atomic E-state index is 13.7. The number of rotatable bonds is 4. The lowest BCUT2D eigenvalue weighted by Gasteiger charge is -2.34. The van der Waals surface area contributed by atoms with Gasteiger partial charge in [0.1, 0.15) is 5.82 Å². The fourth-order valence-electron chi connectivity index (χ4n) is 4.22. The van der Waals surface area contributed by atoms with Gasteiger partial charge >= 0.3 is 0 Å². The Morgan fingerprint density at radius 3 is 2.23 bits per heavy atom. The zero-order valence-electron chi connectivity index (χ0n) is 18.1. The summed E-state index contributed by atoms with van der Waals surface area (Å²) in [5.74, 6) is -0.542. The van der Waals surface area contributed by atoms with Gasteiger partial charge in [0.15, 0.2) is 5.13 Å². The molecule has 31 heavy (non-hydrogen) atoms. The zero-order valence-corrected chi connectivity index (χ0v) is 19.8. The third-order valence-electron chi connectivity index (χ3n) is 5.70. The average Bonchev–Trinajstić information content (AvgIpc) is 3.18. The molecule has 0 atom stereocenters. The van der Waals surface area contributed by atoms with Crippen LogP contribution in [0.3, 0.4) is 0 Å². The van der Waals surface area contributed by atoms with Crippen LogP contribution in [0, 0.1) is 33.5 Å². The Morgan fingerprint density at radius 2 is 1.58 bits per heavy atom. The van der Waals surface area contributed by atoms with E-state index in [0.29, 0.717) is 31.7 Å². The van der Waals surface area contributed by atoms with Crippen LogP contribution in [0.2, 0.25) is 0 Å². The molecule has 3 aromatic rings. The Bertz CT molecular complexity index is 1210. The van der Waals surface area contributed by atoms with Crippen LogP contribution in [0.5, 0.6) is 0 Å². The molecule has 0 bridgehead atoms. The third kappa shape index (κ3) is 4.24. The van der Waals surface area contributed by atoms with E-state index >= 15 is 0 Å². The molecule has 1 aliphatic rings. The molecule has 1 aliphatic heterocycles. The maximum atomic E-state index is 13.7. The minimum atomic E-state index is -3.72. The highest BCUT2D eigenvalue weighted by molar-refractivity contribution is 7.89. The number of piperazine rings is 1. The first-order valence-corrected chi connectivity index (χ1v) is 12.5. The number of benzene rings is 2. The summed E-state index contributed by atoms with van der Waals surface area (Å²) in [5, 5.41) is 2.97. The SMILES string of the molecule is Cc1cc(C)c(-c2csc(N3CCN(S(=O)(=O)c4cc(F)ccc4C)CC3)n2)c(C)c1. The Kier molecular flexibility index (Phi) is 5.89. The van der Waals surface area contributed by atoms with Crippen LogP contribution in [0.25, 0.3) is 11.3 Å². The van der Waals surface area contributed by atoms with Gasteiger partial charge < -0.3 is 4.90 Å². The molecule has 0 spiro atoms. The highest BCUT2D eigenvalue weighted by Crippen LogP contribution is 2.33. The second-order valence-corrected chi connectivity index (χ2v) is 10.8. The van der Waals surface area contributed by atoms with Crippen molar-refractivity contribution in [2.24, 2.45) is 0 Å². The minimum absolute atomic E-state index is 0.0443. The monoisotopic (exact) mass is 459 g/mol. The maximum Gasteiger partial charge on any atom is 0.243 e. The number of halogens is 1. The molecule has 1 aromatic heterocycles. The van der Waals surface area contributed by atoms with Crippen LogP contribution < -0.4 is 4.90 Å². The van der Waals surface area contributed by atoms with Crippen LogP contribution in [0.15, 0.2) is 40.6 Å². The third-order valence-corrected chi connectivity index (χ3v) is 8.64. The molecular weight excluding hydrogens is 433 g/mol. The summed E-state index contributed by atoms with van der Waals surface area (Å²) in [6.07, 6.45) is 0. The van der Waals surface area contributed by atoms with E-state index in [9.17, 15) is 12.8 Å². The summed E-state index contributed by atoms with van der Waals surface area (Å²) >= 11 is 1.58. The summed E-state index contributed by atoms with van der Waals surface area (Å²) in [7, 11) is -3.72. The van der Waals surface area contributed by atoms with Crippen molar-refractivity contribution in [3.8, 4) is 11.3 Å². The van der Waals surface area contributed by atoms with Crippen molar-refractivity contribution >= 4 is 26.5 Å². The summed E-state index contributed by atoms with van der Waals surface area (Å²) in [6, 6.07) is 8.23. The van der Waals surface area contributed by atoms with Gasteiger partial charge in [-0.2, -0.15) is 4.31 Å². The van der Waals surface area contributed by atoms with Gasteiger partial charge in [0.2, 0.25) is 10.0 Å². The molecule has 1 fully saturated rings. The first kappa shape index (κ1) is 21.9. The van der Waals surface area contributed by atoms with Gasteiger partial charge in [0.25, 0.3) is 0 Å². The lowest BCUT2D eigenvalue weighted by molar-refractivity contribution is 0.384. The number of thiazole rings is 1. The molecule has 164 valence electrons. The van der Waals surface area contributed by atoms with Gasteiger partial charge in [0, 0.05) is 37.1 Å². The van der Waals surface area contributed by atoms with Crippen LogP contribution in [0.4, 0.5) is 9.52 Å². The number of aromatic nitrogens is 1. The van der Waals surface area contributed by atoms with Gasteiger partial charge in [-0.25, -0.2) is 17.8 Å². The fraction of sp³-hybridized carbons (Fsp3) is 0.348. The number of nitrogens with zero attached hydrogens (tertiary/aromatic N) is 3. The lowest BCUT2D eigenvalue weighted by Crippen LogP contribution is -2.48. The lowest BCUT2D eigenvalue weighted by atomic mass is 9.98. The first-order chi connectivity index (χ1) is 14.7. The average molecular weight is 460 g/mol. The molecule has 0 radical (unpaired) electrons. The van der Waals surface area contributed by atoms with Crippen molar-refractivity contribution in [2.75, 3.05) is 31.1 Å². The molecule has 1 saturated heterocycles. The van der Waals surface area contributed by atoms with E-state index in [1.54, 1.807) is 18.3 Å². The zero-order chi connectivity index (χ0) is 22.3. The van der Waals surface area contributed by atoms with E-state index in [0.717, 1.165) is 22.5 Å². The number of aryl methyl sites for hydroxylation is 4. The molecular formula is C23H26FN3O2S2. The minimum Gasteiger partial charge on any atom is -0.345 e. The summed E-state index contributed by atoms with van der Waals surface area (Å²) < 4.78 is 41.1. The second-order valence-electron chi connectivity index (χ2n) is 8.09. The van der Waals surface area contributed by atoms with Crippen molar-refractivity contribution in [3.05, 3.63) is 63.8 Å². The molecule has 0 amide bonds. The fourth-order valence-corrected chi connectivity index (χ4v) is 6.75. The molecule has 4 rings (SSSR count). The number of anilines is 1. The van der Waals surface area contributed by atoms with Gasteiger partial charge in [-0.05, 0) is 56.5 Å². The van der Waals surface area contributed by atoms with Crippen molar-refractivity contribution in [1.82, 2.24) is 9.29 Å². The van der Waals surface area contributed by atoms with E-state index in [2.05, 4.69) is 43.2 Å². The summed E-state index contributed by atoms with van der Waals surface area (Å²) in [5.41, 5.74) is 6.32. The molecule has 2 aromatic carbocycles. The standard InChI is InChI=1S/C23H26FN3O2S2/c1-15-11-17(3)22(18(4)12-15)20-14-30-23(25-20)26-7-9-27(10-8-26)31(28,29)21-13-19(24)6-5-16(21)2/h5-6,11-14H,7-10H2,1-4H3. The highest BCUT2D eigenvalue weighted by Gasteiger charge is 2.30. The van der Waals surface area contributed by atoms with Crippen LogP contribution >= 0.6 is 11.3 Å². The Morgan fingerprint density at radius 1 is 0.935 bits per heavy atom. The van der Waals surface area contributed by atoms with Gasteiger partial charge in [-0.1, -0.05) is 23.8 Å². The summed E-state index contributed by atoms with van der Waals surface area (Å²) in [4.78, 5) is 7.02. The summed E-state index contributed by atoms with van der Waals surface area (Å²) in [6.45, 7) is 9.77. The van der Waals surface area contributed by atoms with Gasteiger partial charge in [0.05, 0.1) is 10.6 Å². The van der Waals surface area contributed by atoms with Crippen LogP contribution in [-0.2, 0) is 10.0 Å². The van der Waals surface area contributed by atoms with Crippen molar-refractivity contribution in [3.63, 3.8) is 0 Å². The molecule has 0 aliphatic carbocycles. The van der Waals surface area contributed by atoms with E-state index in [1.807, 2.05) is 0 Å². The van der Waals surface area contributed by atoms with Crippen LogP contribution in [0.1, 0.15) is 22.3 Å². The number of sulfonamides is 1. The van der Waals surface area contributed by atoms with E-state index in [1.165, 1.54) is 33.1 Å². The smallest absolute Gasteiger partial charge is 0.243 e. The van der Waals surface area contributed by atoms with E-state index < -0.39 is 15.8 Å². The first-order valence-electron chi connectivity index (χ1n) is 10.2. The Hall–Kier alpha value is -2.29. The second kappa shape index (κ2) is 8.33. The van der Waals surface area contributed by atoms with Gasteiger partial charge in [-0.3, -0.25) is 0 Å². The van der Waals surface area contributed by atoms with E-state index in [4.69, 9.17) is 4.98 Å². The number of hydrogen-bond acceptors (Lipinski definition) is 5. The predicted octanol–water partition coefficient (Wildman–Crippen LogP) is 4.69. The van der Waals surface area contributed by atoms with Crippen molar-refractivity contribution in [2.45, 2.75) is 32.6 Å². The normalized spacial score (nSPS) is 15.5. The molecule has 8 heteroatoms. The van der Waals surface area contributed by atoms with Gasteiger partial charge in [-0.15, -0.1) is 11.3 Å². The Balaban J connectivity index is 1.51. The van der Waals surface area contributed by atoms with E-state index in [-0.39, 0.29) is 4.90 Å². The Labute approximate surface area is 187 Å². The predicted molar refractivity (Wildman–Crippen MR) is 124 cm³/mol. The molecule has 0 unspecified atom stereocenters.